The molecule has 0 radical (unpaired) electrons. The molecule has 0 spiro atoms. The van der Waals surface area contributed by atoms with E-state index in [1.165, 1.54) is 12.1 Å². The van der Waals surface area contributed by atoms with Gasteiger partial charge in [0.2, 0.25) is 5.91 Å². The van der Waals surface area contributed by atoms with Crippen LogP contribution in [0.25, 0.3) is 0 Å². The molecule has 1 heterocycles. The molecule has 3 rings (SSSR count). The van der Waals surface area contributed by atoms with Crippen LogP contribution in [0.5, 0.6) is 0 Å². The number of halogens is 1. The Morgan fingerprint density at radius 3 is 2.94 bits per heavy atom. The van der Waals surface area contributed by atoms with Gasteiger partial charge in [-0.3, -0.25) is 4.79 Å². The highest BCUT2D eigenvalue weighted by molar-refractivity contribution is 6.01. The molecule has 3 nitrogen and oxygen atoms in total. The largest absolute Gasteiger partial charge is 0.327 e. The molecule has 16 heavy (non-hydrogen) atoms. The first-order valence-corrected chi connectivity index (χ1v) is 5.49. The highest BCUT2D eigenvalue weighted by atomic mass is 19.1. The van der Waals surface area contributed by atoms with Crippen LogP contribution in [0.1, 0.15) is 12.0 Å². The summed E-state index contributed by atoms with van der Waals surface area (Å²) in [6, 6.07) is 4.76. The van der Waals surface area contributed by atoms with Crippen molar-refractivity contribution in [2.75, 3.05) is 11.4 Å². The molecule has 4 heteroatoms. The predicted molar refractivity (Wildman–Crippen MR) is 58.5 cm³/mol. The fourth-order valence-electron chi connectivity index (χ4n) is 2.27. The number of rotatable bonds is 2. The third-order valence-corrected chi connectivity index (χ3v) is 3.37. The summed E-state index contributed by atoms with van der Waals surface area (Å²) in [7, 11) is 0. The Kier molecular flexibility index (Phi) is 2.01. The molecular weight excluding hydrogens is 207 g/mol. The second kappa shape index (κ2) is 3.28. The van der Waals surface area contributed by atoms with Crippen molar-refractivity contribution in [3.05, 3.63) is 29.6 Å². The van der Waals surface area contributed by atoms with Crippen molar-refractivity contribution in [2.24, 2.45) is 11.7 Å². The van der Waals surface area contributed by atoms with E-state index in [4.69, 9.17) is 5.73 Å². The average molecular weight is 220 g/mol. The van der Waals surface area contributed by atoms with E-state index in [1.54, 1.807) is 11.0 Å². The highest BCUT2D eigenvalue weighted by Crippen LogP contribution is 2.35. The van der Waals surface area contributed by atoms with Gasteiger partial charge in [-0.25, -0.2) is 4.39 Å². The monoisotopic (exact) mass is 220 g/mol. The molecule has 2 atom stereocenters. The van der Waals surface area contributed by atoms with E-state index in [2.05, 4.69) is 0 Å². The third-order valence-electron chi connectivity index (χ3n) is 3.37. The lowest BCUT2D eigenvalue weighted by molar-refractivity contribution is -0.117. The number of carbonyl (C=O) groups excluding carboxylic acids is 1. The first kappa shape index (κ1) is 9.78. The lowest BCUT2D eigenvalue weighted by Gasteiger charge is -2.17. The number of fused-ring (bicyclic) bond motifs is 1. The van der Waals surface area contributed by atoms with Crippen molar-refractivity contribution in [1.82, 2.24) is 0 Å². The van der Waals surface area contributed by atoms with Gasteiger partial charge in [0.25, 0.3) is 0 Å². The maximum absolute atomic E-state index is 13.0. The van der Waals surface area contributed by atoms with Gasteiger partial charge in [-0.15, -0.1) is 0 Å². The molecule has 1 saturated carbocycles. The number of benzene rings is 1. The Labute approximate surface area is 93.0 Å². The molecule has 1 aliphatic heterocycles. The van der Waals surface area contributed by atoms with Gasteiger partial charge in [0, 0.05) is 18.3 Å². The van der Waals surface area contributed by atoms with Crippen molar-refractivity contribution in [2.45, 2.75) is 18.9 Å². The fraction of sp³-hybridized carbons (Fsp3) is 0.417. The lowest BCUT2D eigenvalue weighted by Crippen LogP contribution is -2.30. The van der Waals surface area contributed by atoms with E-state index in [1.807, 2.05) is 0 Å². The van der Waals surface area contributed by atoms with Crippen LogP contribution in [0.2, 0.25) is 0 Å². The quantitative estimate of drug-likeness (QED) is 0.810. The maximum atomic E-state index is 13.0. The average Bonchev–Trinajstić information content (AvgIpc) is 2.82. The van der Waals surface area contributed by atoms with Crippen LogP contribution in [0.3, 0.4) is 0 Å². The first-order valence-electron chi connectivity index (χ1n) is 5.49. The van der Waals surface area contributed by atoms with E-state index in [-0.39, 0.29) is 17.8 Å². The molecule has 1 aromatic rings. The SMILES string of the molecule is N[C@H]1C[C@@H]1CN1C(=O)Cc2cc(F)ccc21. The third kappa shape index (κ3) is 1.50. The van der Waals surface area contributed by atoms with E-state index in [0.717, 1.165) is 17.7 Å². The Hall–Kier alpha value is -1.42. The maximum Gasteiger partial charge on any atom is 0.231 e. The zero-order valence-corrected chi connectivity index (χ0v) is 8.82. The van der Waals surface area contributed by atoms with Crippen LogP contribution in [-0.2, 0) is 11.2 Å². The minimum Gasteiger partial charge on any atom is -0.327 e. The molecule has 0 saturated heterocycles. The number of amides is 1. The molecule has 1 fully saturated rings. The van der Waals surface area contributed by atoms with Crippen molar-refractivity contribution >= 4 is 11.6 Å². The van der Waals surface area contributed by atoms with Crippen LogP contribution < -0.4 is 10.6 Å². The minimum atomic E-state index is -0.281. The molecular formula is C12H13FN2O. The zero-order valence-electron chi connectivity index (χ0n) is 8.82. The van der Waals surface area contributed by atoms with Gasteiger partial charge in [0.1, 0.15) is 5.82 Å². The molecule has 1 aromatic carbocycles. The zero-order chi connectivity index (χ0) is 11.3. The van der Waals surface area contributed by atoms with Gasteiger partial charge in [-0.2, -0.15) is 0 Å². The molecule has 1 aliphatic carbocycles. The first-order chi connectivity index (χ1) is 7.65. The van der Waals surface area contributed by atoms with Gasteiger partial charge in [0.15, 0.2) is 0 Å². The summed E-state index contributed by atoms with van der Waals surface area (Å²) < 4.78 is 13.0. The Balaban J connectivity index is 1.87. The second-order valence-corrected chi connectivity index (χ2v) is 4.61. The normalized spacial score (nSPS) is 27.1. The summed E-state index contributed by atoms with van der Waals surface area (Å²) in [5.41, 5.74) is 7.38. The molecule has 0 aromatic heterocycles. The highest BCUT2D eigenvalue weighted by Gasteiger charge is 2.38. The van der Waals surface area contributed by atoms with Crippen molar-refractivity contribution in [3.63, 3.8) is 0 Å². The number of hydrogen-bond donors (Lipinski definition) is 1. The van der Waals surface area contributed by atoms with Crippen LogP contribution in [-0.4, -0.2) is 18.5 Å². The topological polar surface area (TPSA) is 46.3 Å². The van der Waals surface area contributed by atoms with Gasteiger partial charge >= 0.3 is 0 Å². The van der Waals surface area contributed by atoms with Crippen LogP contribution >= 0.6 is 0 Å². The van der Waals surface area contributed by atoms with E-state index in [9.17, 15) is 9.18 Å². The smallest absolute Gasteiger partial charge is 0.231 e. The molecule has 84 valence electrons. The van der Waals surface area contributed by atoms with Crippen molar-refractivity contribution < 1.29 is 9.18 Å². The van der Waals surface area contributed by atoms with Gasteiger partial charge < -0.3 is 10.6 Å². The fourth-order valence-corrected chi connectivity index (χ4v) is 2.27. The van der Waals surface area contributed by atoms with E-state index >= 15 is 0 Å². The molecule has 2 N–H and O–H groups in total. The number of hydrogen-bond acceptors (Lipinski definition) is 2. The second-order valence-electron chi connectivity index (χ2n) is 4.61. The summed E-state index contributed by atoms with van der Waals surface area (Å²) in [5.74, 6) is 0.191. The van der Waals surface area contributed by atoms with Crippen LogP contribution in [0.15, 0.2) is 18.2 Å². The number of carbonyl (C=O) groups is 1. The summed E-state index contributed by atoms with van der Waals surface area (Å²) in [5, 5.41) is 0. The Bertz CT molecular complexity index is 460. The summed E-state index contributed by atoms with van der Waals surface area (Å²) in [6.45, 7) is 0.679. The van der Waals surface area contributed by atoms with E-state index < -0.39 is 0 Å². The lowest BCUT2D eigenvalue weighted by atomic mass is 10.1. The van der Waals surface area contributed by atoms with Crippen molar-refractivity contribution in [3.8, 4) is 0 Å². The Morgan fingerprint density at radius 1 is 1.50 bits per heavy atom. The number of anilines is 1. The van der Waals surface area contributed by atoms with E-state index in [0.29, 0.717) is 18.9 Å². The number of nitrogens with two attached hydrogens (primary N) is 1. The summed E-state index contributed by atoms with van der Waals surface area (Å²) in [6.07, 6.45) is 1.30. The van der Waals surface area contributed by atoms with Gasteiger partial charge in [-0.05, 0) is 36.1 Å². The predicted octanol–water partition coefficient (Wildman–Crippen LogP) is 1.06. The summed E-state index contributed by atoms with van der Waals surface area (Å²) >= 11 is 0. The van der Waals surface area contributed by atoms with Crippen molar-refractivity contribution in [1.29, 1.82) is 0 Å². The van der Waals surface area contributed by atoms with Crippen LogP contribution in [0.4, 0.5) is 10.1 Å². The number of nitrogens with zero attached hydrogens (tertiary/aromatic N) is 1. The molecule has 1 amide bonds. The van der Waals surface area contributed by atoms with Gasteiger partial charge in [0.05, 0.1) is 6.42 Å². The summed E-state index contributed by atoms with van der Waals surface area (Å²) in [4.78, 5) is 13.5. The van der Waals surface area contributed by atoms with Crippen LogP contribution in [0, 0.1) is 11.7 Å². The Morgan fingerprint density at radius 2 is 2.25 bits per heavy atom. The standard InChI is InChI=1S/C12H13FN2O/c13-9-1-2-11-7(3-9)5-12(16)15(11)6-8-4-10(8)14/h1-3,8,10H,4-6,14H2/t8-,10+/m1/s1. The molecule has 2 aliphatic rings. The molecule has 0 bridgehead atoms. The molecule has 0 unspecified atom stereocenters. The van der Waals surface area contributed by atoms with Gasteiger partial charge in [-0.1, -0.05) is 0 Å². The minimum absolute atomic E-state index is 0.0553.